The topological polar surface area (TPSA) is 51.2 Å². The molecule has 1 aromatic heterocycles. The van der Waals surface area contributed by atoms with E-state index in [-0.39, 0.29) is 18.4 Å². The van der Waals surface area contributed by atoms with Crippen molar-refractivity contribution < 1.29 is 9.53 Å². The third-order valence-electron chi connectivity index (χ3n) is 4.35. The third kappa shape index (κ3) is 4.42. The number of thiazole rings is 1. The predicted octanol–water partition coefficient (Wildman–Crippen LogP) is 6.02. The van der Waals surface area contributed by atoms with Crippen molar-refractivity contribution in [2.75, 3.05) is 11.9 Å². The largest absolute Gasteiger partial charge is 0.483 e. The summed E-state index contributed by atoms with van der Waals surface area (Å²) < 4.78 is 6.86. The lowest BCUT2D eigenvalue weighted by Gasteiger charge is -2.15. The summed E-state index contributed by atoms with van der Waals surface area (Å²) in [6, 6.07) is 7.97. The van der Waals surface area contributed by atoms with E-state index in [9.17, 15) is 4.79 Å². The van der Waals surface area contributed by atoms with Crippen molar-refractivity contribution in [3.8, 4) is 5.75 Å². The van der Waals surface area contributed by atoms with Crippen molar-refractivity contribution in [2.45, 2.75) is 40.5 Å². The molecule has 6 heteroatoms. The number of halogens is 1. The lowest BCUT2D eigenvalue weighted by atomic mass is 10.0. The molecule has 142 valence electrons. The van der Waals surface area contributed by atoms with Crippen molar-refractivity contribution in [2.24, 2.45) is 0 Å². The number of nitrogens with zero attached hydrogens (tertiary/aromatic N) is 1. The Kier molecular flexibility index (Phi) is 5.72. The molecule has 1 heterocycles. The molecule has 2 aromatic carbocycles. The first-order valence-corrected chi connectivity index (χ1v) is 10.0. The van der Waals surface area contributed by atoms with Gasteiger partial charge >= 0.3 is 0 Å². The Morgan fingerprint density at radius 2 is 1.93 bits per heavy atom. The summed E-state index contributed by atoms with van der Waals surface area (Å²) in [6.07, 6.45) is 0. The summed E-state index contributed by atoms with van der Waals surface area (Å²) >= 11 is 7.69. The standard InChI is InChI=1S/C21H23ClN2O2S/c1-11(2)15-9-16(22)13(4)8-17(15)26-10-19(25)23-21-24-20-14(5)6-12(3)7-18(20)27-21/h6-9,11H,10H2,1-5H3,(H,23,24,25). The molecule has 0 aliphatic carbocycles. The van der Waals surface area contributed by atoms with Crippen LogP contribution in [0.5, 0.6) is 5.75 Å². The number of amides is 1. The molecule has 0 fully saturated rings. The summed E-state index contributed by atoms with van der Waals surface area (Å²) in [5.41, 5.74) is 5.13. The minimum absolute atomic E-state index is 0.0747. The van der Waals surface area contributed by atoms with Crippen LogP contribution in [0.4, 0.5) is 5.13 Å². The number of hydrogen-bond acceptors (Lipinski definition) is 4. The SMILES string of the molecule is Cc1cc(C)c2nc(NC(=O)COc3cc(C)c(Cl)cc3C(C)C)sc2c1. The van der Waals surface area contributed by atoms with Crippen molar-refractivity contribution in [3.63, 3.8) is 0 Å². The molecule has 27 heavy (non-hydrogen) atoms. The van der Waals surface area contributed by atoms with Crippen molar-refractivity contribution in [1.82, 2.24) is 4.98 Å². The number of fused-ring (bicyclic) bond motifs is 1. The Morgan fingerprint density at radius 3 is 2.63 bits per heavy atom. The summed E-state index contributed by atoms with van der Waals surface area (Å²) in [7, 11) is 0. The molecule has 0 spiro atoms. The molecule has 0 unspecified atom stereocenters. The molecule has 3 aromatic rings. The average molecular weight is 403 g/mol. The van der Waals surface area contributed by atoms with Crippen LogP contribution in [0.15, 0.2) is 24.3 Å². The first kappa shape index (κ1) is 19.6. The highest BCUT2D eigenvalue weighted by Gasteiger charge is 2.14. The van der Waals surface area contributed by atoms with Gasteiger partial charge in [0.1, 0.15) is 5.75 Å². The van der Waals surface area contributed by atoms with Gasteiger partial charge in [0.05, 0.1) is 10.2 Å². The summed E-state index contributed by atoms with van der Waals surface area (Å²) in [6.45, 7) is 10.1. The molecule has 0 aliphatic rings. The highest BCUT2D eigenvalue weighted by Crippen LogP contribution is 2.32. The highest BCUT2D eigenvalue weighted by molar-refractivity contribution is 7.22. The highest BCUT2D eigenvalue weighted by atomic mass is 35.5. The van der Waals surface area contributed by atoms with Gasteiger partial charge in [0.25, 0.3) is 5.91 Å². The molecule has 0 radical (unpaired) electrons. The van der Waals surface area contributed by atoms with E-state index in [1.807, 2.05) is 26.0 Å². The second-order valence-electron chi connectivity index (χ2n) is 7.08. The van der Waals surface area contributed by atoms with Gasteiger partial charge in [-0.15, -0.1) is 0 Å². The van der Waals surface area contributed by atoms with Crippen LogP contribution in [-0.2, 0) is 4.79 Å². The number of rotatable bonds is 5. The van der Waals surface area contributed by atoms with Gasteiger partial charge in [-0.3, -0.25) is 10.1 Å². The number of anilines is 1. The maximum atomic E-state index is 12.4. The van der Waals surface area contributed by atoms with Gasteiger partial charge < -0.3 is 4.74 Å². The summed E-state index contributed by atoms with van der Waals surface area (Å²) in [5.74, 6) is 0.709. The molecule has 0 bridgehead atoms. The van der Waals surface area contributed by atoms with Gasteiger partial charge in [0.2, 0.25) is 0 Å². The van der Waals surface area contributed by atoms with Crippen LogP contribution >= 0.6 is 22.9 Å². The van der Waals surface area contributed by atoms with Crippen molar-refractivity contribution in [1.29, 1.82) is 0 Å². The fourth-order valence-corrected chi connectivity index (χ4v) is 4.20. The van der Waals surface area contributed by atoms with Crippen LogP contribution in [0.25, 0.3) is 10.2 Å². The first-order valence-electron chi connectivity index (χ1n) is 8.85. The number of hydrogen-bond donors (Lipinski definition) is 1. The Bertz CT molecular complexity index is 1010. The Balaban J connectivity index is 1.72. The molecule has 4 nitrogen and oxygen atoms in total. The molecule has 3 rings (SSSR count). The zero-order valence-corrected chi connectivity index (χ0v) is 17.7. The van der Waals surface area contributed by atoms with Crippen LogP contribution in [0.1, 0.15) is 42.0 Å². The van der Waals surface area contributed by atoms with E-state index in [4.69, 9.17) is 16.3 Å². The van der Waals surface area contributed by atoms with E-state index >= 15 is 0 Å². The maximum Gasteiger partial charge on any atom is 0.264 e. The predicted molar refractivity (Wildman–Crippen MR) is 113 cm³/mol. The number of carbonyl (C=O) groups is 1. The lowest BCUT2D eigenvalue weighted by molar-refractivity contribution is -0.118. The zero-order valence-electron chi connectivity index (χ0n) is 16.1. The average Bonchev–Trinajstić information content (AvgIpc) is 2.97. The monoisotopic (exact) mass is 402 g/mol. The minimum Gasteiger partial charge on any atom is -0.483 e. The number of aromatic nitrogens is 1. The number of ether oxygens (including phenoxy) is 1. The Morgan fingerprint density at radius 1 is 1.19 bits per heavy atom. The van der Waals surface area contributed by atoms with Gasteiger partial charge in [-0.25, -0.2) is 4.98 Å². The molecule has 1 N–H and O–H groups in total. The van der Waals surface area contributed by atoms with E-state index in [0.29, 0.717) is 15.9 Å². The van der Waals surface area contributed by atoms with Crippen molar-refractivity contribution in [3.05, 3.63) is 51.5 Å². The van der Waals surface area contributed by atoms with Crippen LogP contribution in [0.3, 0.4) is 0 Å². The summed E-state index contributed by atoms with van der Waals surface area (Å²) in [4.78, 5) is 16.9. The van der Waals surface area contributed by atoms with Crippen LogP contribution in [-0.4, -0.2) is 17.5 Å². The van der Waals surface area contributed by atoms with Crippen LogP contribution < -0.4 is 10.1 Å². The molecule has 0 aliphatic heterocycles. The van der Waals surface area contributed by atoms with Crippen molar-refractivity contribution >= 4 is 44.2 Å². The summed E-state index contributed by atoms with van der Waals surface area (Å²) in [5, 5.41) is 4.13. The quantitative estimate of drug-likeness (QED) is 0.568. The van der Waals surface area contributed by atoms with E-state index < -0.39 is 0 Å². The molecular formula is C21H23ClN2O2S. The number of aryl methyl sites for hydroxylation is 3. The van der Waals surface area contributed by atoms with Crippen LogP contribution in [0.2, 0.25) is 5.02 Å². The van der Waals surface area contributed by atoms with Gasteiger partial charge in [0, 0.05) is 5.02 Å². The smallest absolute Gasteiger partial charge is 0.264 e. The van der Waals surface area contributed by atoms with Gasteiger partial charge in [0.15, 0.2) is 11.7 Å². The van der Waals surface area contributed by atoms with Gasteiger partial charge in [-0.05, 0) is 67.1 Å². The Labute approximate surface area is 168 Å². The van der Waals surface area contributed by atoms with E-state index in [0.717, 1.165) is 26.9 Å². The van der Waals surface area contributed by atoms with E-state index in [1.54, 1.807) is 0 Å². The van der Waals surface area contributed by atoms with Crippen LogP contribution in [0, 0.1) is 20.8 Å². The third-order valence-corrected chi connectivity index (χ3v) is 5.67. The minimum atomic E-state index is -0.231. The fourth-order valence-electron chi connectivity index (χ4n) is 2.97. The lowest BCUT2D eigenvalue weighted by Crippen LogP contribution is -2.20. The van der Waals surface area contributed by atoms with Gasteiger partial charge in [-0.2, -0.15) is 0 Å². The van der Waals surface area contributed by atoms with E-state index in [2.05, 4.69) is 43.2 Å². The zero-order chi connectivity index (χ0) is 19.7. The fraction of sp³-hybridized carbons (Fsp3) is 0.333. The molecule has 0 atom stereocenters. The molecule has 0 saturated carbocycles. The first-order chi connectivity index (χ1) is 12.7. The molecule has 1 amide bonds. The number of carbonyl (C=O) groups excluding carboxylic acids is 1. The Hall–Kier alpha value is -2.11. The second-order valence-corrected chi connectivity index (χ2v) is 8.52. The van der Waals surface area contributed by atoms with E-state index in [1.165, 1.54) is 16.9 Å². The molecular weight excluding hydrogens is 380 g/mol. The second kappa shape index (κ2) is 7.87. The normalized spacial score (nSPS) is 11.2. The van der Waals surface area contributed by atoms with Gasteiger partial charge in [-0.1, -0.05) is 42.9 Å². The number of nitrogens with one attached hydrogen (secondary N) is 1. The number of benzene rings is 2. The molecule has 0 saturated heterocycles. The maximum absolute atomic E-state index is 12.4.